The highest BCUT2D eigenvalue weighted by Gasteiger charge is 2.37. The van der Waals surface area contributed by atoms with E-state index in [1.165, 1.54) is 11.3 Å². The Kier molecular flexibility index (Phi) is 4.74. The fourth-order valence-electron chi connectivity index (χ4n) is 3.69. The highest BCUT2D eigenvalue weighted by molar-refractivity contribution is 7.12. The Labute approximate surface area is 156 Å². The van der Waals surface area contributed by atoms with E-state index in [0.717, 1.165) is 11.3 Å². The molecule has 0 bridgehead atoms. The van der Waals surface area contributed by atoms with Gasteiger partial charge in [-0.15, -0.1) is 11.3 Å². The predicted molar refractivity (Wildman–Crippen MR) is 97.9 cm³/mol. The summed E-state index contributed by atoms with van der Waals surface area (Å²) in [6.07, 6.45) is 2.58. The molecule has 4 rings (SSSR count). The lowest BCUT2D eigenvalue weighted by Gasteiger charge is -2.37. The maximum Gasteiger partial charge on any atom is 0.264 e. The van der Waals surface area contributed by atoms with E-state index in [2.05, 4.69) is 4.98 Å². The first-order valence-electron chi connectivity index (χ1n) is 8.87. The molecule has 2 aromatic heterocycles. The van der Waals surface area contributed by atoms with Gasteiger partial charge in [0.1, 0.15) is 0 Å². The van der Waals surface area contributed by atoms with Crippen LogP contribution in [0, 0.1) is 0 Å². The minimum absolute atomic E-state index is 0.000490. The summed E-state index contributed by atoms with van der Waals surface area (Å²) in [4.78, 5) is 34.7. The largest absolute Gasteiger partial charge is 0.393 e. The number of carbonyl (C=O) groups is 2. The topological polar surface area (TPSA) is 73.7 Å². The van der Waals surface area contributed by atoms with Crippen molar-refractivity contribution in [1.82, 2.24) is 14.8 Å². The number of rotatable bonds is 2. The lowest BCUT2D eigenvalue weighted by atomic mass is 9.92. The van der Waals surface area contributed by atoms with Crippen LogP contribution in [-0.2, 0) is 11.3 Å². The second-order valence-corrected chi connectivity index (χ2v) is 7.77. The number of hydrogen-bond acceptors (Lipinski definition) is 5. The van der Waals surface area contributed by atoms with Gasteiger partial charge >= 0.3 is 0 Å². The van der Waals surface area contributed by atoms with Crippen molar-refractivity contribution in [3.8, 4) is 0 Å². The second-order valence-electron chi connectivity index (χ2n) is 6.82. The number of piperidine rings is 1. The predicted octanol–water partition coefficient (Wildman–Crippen LogP) is 1.87. The Hall–Kier alpha value is -2.25. The van der Waals surface area contributed by atoms with E-state index >= 15 is 0 Å². The van der Waals surface area contributed by atoms with Gasteiger partial charge in [0, 0.05) is 32.4 Å². The summed E-state index contributed by atoms with van der Waals surface area (Å²) < 4.78 is 0. The molecular formula is C19H21N3O3S. The van der Waals surface area contributed by atoms with Crippen molar-refractivity contribution in [1.29, 1.82) is 0 Å². The Morgan fingerprint density at radius 3 is 2.69 bits per heavy atom. The van der Waals surface area contributed by atoms with Crippen LogP contribution in [0.25, 0.3) is 0 Å². The smallest absolute Gasteiger partial charge is 0.264 e. The van der Waals surface area contributed by atoms with Crippen molar-refractivity contribution in [3.63, 3.8) is 0 Å². The number of hydrogen-bond donors (Lipinski definition) is 1. The SMILES string of the molecule is O=C(c1cccs1)N1Cc2cccnc2C(C(=O)N2CCC(O)CC2)C1. The van der Waals surface area contributed by atoms with Crippen LogP contribution in [0.1, 0.15) is 39.7 Å². The molecule has 1 N–H and O–H groups in total. The number of fused-ring (bicyclic) bond motifs is 1. The van der Waals surface area contributed by atoms with Gasteiger partial charge in [-0.05, 0) is 35.9 Å². The Balaban J connectivity index is 1.60. The summed E-state index contributed by atoms with van der Waals surface area (Å²) >= 11 is 1.41. The molecule has 1 unspecified atom stereocenters. The van der Waals surface area contributed by atoms with Crippen LogP contribution >= 0.6 is 11.3 Å². The molecule has 0 saturated carbocycles. The number of amides is 2. The van der Waals surface area contributed by atoms with Crippen molar-refractivity contribution in [2.24, 2.45) is 0 Å². The molecule has 2 aliphatic heterocycles. The van der Waals surface area contributed by atoms with Crippen LogP contribution in [0.2, 0.25) is 0 Å². The van der Waals surface area contributed by atoms with Crippen LogP contribution in [0.4, 0.5) is 0 Å². The zero-order valence-corrected chi connectivity index (χ0v) is 15.2. The Morgan fingerprint density at radius 1 is 1.15 bits per heavy atom. The van der Waals surface area contributed by atoms with E-state index in [1.54, 1.807) is 16.0 Å². The van der Waals surface area contributed by atoms with Crippen molar-refractivity contribution >= 4 is 23.2 Å². The molecule has 2 aromatic rings. The van der Waals surface area contributed by atoms with E-state index in [-0.39, 0.29) is 17.9 Å². The van der Waals surface area contributed by atoms with Crippen molar-refractivity contribution in [3.05, 3.63) is 52.0 Å². The van der Waals surface area contributed by atoms with Crippen LogP contribution < -0.4 is 0 Å². The number of aliphatic hydroxyl groups is 1. The zero-order chi connectivity index (χ0) is 18.1. The number of likely N-dealkylation sites (tertiary alicyclic amines) is 1. The second kappa shape index (κ2) is 7.17. The summed E-state index contributed by atoms with van der Waals surface area (Å²) in [5, 5.41) is 11.6. The van der Waals surface area contributed by atoms with E-state index in [1.807, 2.05) is 29.6 Å². The summed E-state index contributed by atoms with van der Waals surface area (Å²) in [6.45, 7) is 1.93. The molecule has 26 heavy (non-hydrogen) atoms. The molecule has 2 amide bonds. The number of aliphatic hydroxyl groups excluding tert-OH is 1. The van der Waals surface area contributed by atoms with Crippen LogP contribution in [0.5, 0.6) is 0 Å². The number of aromatic nitrogens is 1. The maximum atomic E-state index is 13.1. The molecule has 0 aromatic carbocycles. The number of thiophene rings is 1. The third-order valence-electron chi connectivity index (χ3n) is 5.11. The van der Waals surface area contributed by atoms with Gasteiger partial charge in [-0.25, -0.2) is 0 Å². The van der Waals surface area contributed by atoms with E-state index < -0.39 is 5.92 Å². The van der Waals surface area contributed by atoms with Gasteiger partial charge in [0.25, 0.3) is 5.91 Å². The van der Waals surface area contributed by atoms with Gasteiger partial charge in [-0.1, -0.05) is 12.1 Å². The monoisotopic (exact) mass is 371 g/mol. The molecule has 7 heteroatoms. The molecule has 0 spiro atoms. The summed E-state index contributed by atoms with van der Waals surface area (Å²) in [5.74, 6) is -0.485. The standard InChI is InChI=1S/C19H21N3O3S/c23-14-5-8-21(9-6-14)18(24)15-12-22(19(25)16-4-2-10-26-16)11-13-3-1-7-20-17(13)15/h1-4,7,10,14-15,23H,5-6,8-9,11-12H2. The molecular weight excluding hydrogens is 350 g/mol. The van der Waals surface area contributed by atoms with E-state index in [0.29, 0.717) is 43.9 Å². The molecule has 4 heterocycles. The fraction of sp³-hybridized carbons (Fsp3) is 0.421. The third-order valence-corrected chi connectivity index (χ3v) is 5.97. The van der Waals surface area contributed by atoms with Crippen molar-refractivity contribution in [2.75, 3.05) is 19.6 Å². The highest BCUT2D eigenvalue weighted by Crippen LogP contribution is 2.30. The van der Waals surface area contributed by atoms with E-state index in [4.69, 9.17) is 0 Å². The lowest BCUT2D eigenvalue weighted by molar-refractivity contribution is -0.135. The molecule has 1 saturated heterocycles. The maximum absolute atomic E-state index is 13.1. The third kappa shape index (κ3) is 3.24. The quantitative estimate of drug-likeness (QED) is 0.875. The van der Waals surface area contributed by atoms with Gasteiger partial charge in [-0.2, -0.15) is 0 Å². The highest BCUT2D eigenvalue weighted by atomic mass is 32.1. The average molecular weight is 371 g/mol. The minimum Gasteiger partial charge on any atom is -0.393 e. The molecule has 0 radical (unpaired) electrons. The Bertz CT molecular complexity index is 800. The van der Waals surface area contributed by atoms with Gasteiger partial charge in [0.05, 0.1) is 22.6 Å². The van der Waals surface area contributed by atoms with Crippen LogP contribution in [0.15, 0.2) is 35.8 Å². The zero-order valence-electron chi connectivity index (χ0n) is 14.4. The van der Waals surface area contributed by atoms with Crippen molar-refractivity contribution in [2.45, 2.75) is 31.4 Å². The first-order chi connectivity index (χ1) is 12.6. The van der Waals surface area contributed by atoms with Crippen LogP contribution in [0.3, 0.4) is 0 Å². The Morgan fingerprint density at radius 2 is 1.96 bits per heavy atom. The molecule has 2 aliphatic rings. The van der Waals surface area contributed by atoms with Crippen LogP contribution in [-0.4, -0.2) is 57.4 Å². The summed E-state index contributed by atoms with van der Waals surface area (Å²) in [7, 11) is 0. The summed E-state index contributed by atoms with van der Waals surface area (Å²) in [6, 6.07) is 7.46. The minimum atomic E-state index is -0.445. The fourth-order valence-corrected chi connectivity index (χ4v) is 4.38. The molecule has 0 aliphatic carbocycles. The van der Waals surface area contributed by atoms with Gasteiger partial charge in [0.15, 0.2) is 0 Å². The molecule has 1 fully saturated rings. The first kappa shape index (κ1) is 17.2. The number of nitrogens with zero attached hydrogens (tertiary/aromatic N) is 3. The normalized spacial score (nSPS) is 20.7. The lowest BCUT2D eigenvalue weighted by Crippen LogP contribution is -2.48. The van der Waals surface area contributed by atoms with E-state index in [9.17, 15) is 14.7 Å². The first-order valence-corrected chi connectivity index (χ1v) is 9.75. The number of pyridine rings is 1. The van der Waals surface area contributed by atoms with Gasteiger partial charge < -0.3 is 14.9 Å². The van der Waals surface area contributed by atoms with Gasteiger partial charge in [-0.3, -0.25) is 14.6 Å². The van der Waals surface area contributed by atoms with Crippen molar-refractivity contribution < 1.29 is 14.7 Å². The average Bonchev–Trinajstić information content (AvgIpc) is 3.21. The molecule has 1 atom stereocenters. The van der Waals surface area contributed by atoms with Gasteiger partial charge in [0.2, 0.25) is 5.91 Å². The summed E-state index contributed by atoms with van der Waals surface area (Å²) in [5.41, 5.74) is 1.71. The number of carbonyl (C=O) groups excluding carboxylic acids is 2. The molecule has 6 nitrogen and oxygen atoms in total. The molecule has 136 valence electrons.